The molecule has 27 heavy (non-hydrogen) atoms. The number of rotatable bonds is 6. The van der Waals surface area contributed by atoms with Crippen molar-refractivity contribution >= 4 is 17.7 Å². The molecule has 0 saturated carbocycles. The number of benzene rings is 2. The van der Waals surface area contributed by atoms with E-state index in [1.165, 1.54) is 0 Å². The van der Waals surface area contributed by atoms with Crippen molar-refractivity contribution in [2.75, 3.05) is 6.61 Å². The summed E-state index contributed by atoms with van der Waals surface area (Å²) in [4.78, 5) is 8.93. The van der Waals surface area contributed by atoms with E-state index >= 15 is 0 Å². The Morgan fingerprint density at radius 2 is 1.96 bits per heavy atom. The number of phenols is 1. The second-order valence-electron chi connectivity index (χ2n) is 5.57. The van der Waals surface area contributed by atoms with Crippen molar-refractivity contribution in [1.29, 1.82) is 0 Å². The lowest BCUT2D eigenvalue weighted by atomic mass is 10.2. The molecule has 0 amide bonds. The Balaban J connectivity index is 1.83. The van der Waals surface area contributed by atoms with Crippen LogP contribution >= 0.6 is 0 Å². The summed E-state index contributed by atoms with van der Waals surface area (Å²) in [6.45, 7) is 2.56. The highest BCUT2D eigenvalue weighted by Crippen LogP contribution is 2.19. The van der Waals surface area contributed by atoms with Crippen LogP contribution in [0.15, 0.2) is 83.0 Å². The van der Waals surface area contributed by atoms with Gasteiger partial charge in [0.25, 0.3) is 0 Å². The summed E-state index contributed by atoms with van der Waals surface area (Å²) in [6.07, 6.45) is 3.31. The first-order valence-electron chi connectivity index (χ1n) is 8.55. The van der Waals surface area contributed by atoms with Crippen molar-refractivity contribution in [2.24, 2.45) is 10.1 Å². The minimum absolute atomic E-state index is 0.187. The maximum Gasteiger partial charge on any atom is 0.172 e. The highest BCUT2D eigenvalue weighted by molar-refractivity contribution is 5.99. The molecule has 6 heteroatoms. The molecule has 136 valence electrons. The summed E-state index contributed by atoms with van der Waals surface area (Å²) in [5.41, 5.74) is 5.12. The minimum atomic E-state index is 0.187. The SMILES string of the molecule is CCOc1ccc(N=C(N/N=C\c2cccc(O)c2)c2ccccn2)cc1. The van der Waals surface area contributed by atoms with Gasteiger partial charge in [0, 0.05) is 6.20 Å². The number of nitrogens with one attached hydrogen (secondary N) is 1. The molecule has 2 aromatic carbocycles. The van der Waals surface area contributed by atoms with Gasteiger partial charge in [-0.1, -0.05) is 18.2 Å². The van der Waals surface area contributed by atoms with Crippen LogP contribution in [-0.2, 0) is 0 Å². The summed E-state index contributed by atoms with van der Waals surface area (Å²) >= 11 is 0. The predicted octanol–water partition coefficient (Wildman–Crippen LogP) is 3.89. The average Bonchev–Trinajstić information content (AvgIpc) is 2.70. The summed E-state index contributed by atoms with van der Waals surface area (Å²) in [7, 11) is 0. The predicted molar refractivity (Wildman–Crippen MR) is 107 cm³/mol. The van der Waals surface area contributed by atoms with E-state index in [1.807, 2.05) is 55.5 Å². The van der Waals surface area contributed by atoms with Gasteiger partial charge in [0.1, 0.15) is 17.2 Å². The molecule has 0 aliphatic carbocycles. The van der Waals surface area contributed by atoms with Crippen LogP contribution in [0.25, 0.3) is 0 Å². The zero-order valence-electron chi connectivity index (χ0n) is 14.9. The van der Waals surface area contributed by atoms with Gasteiger partial charge in [-0.15, -0.1) is 0 Å². The number of phenolic OH excluding ortho intramolecular Hbond substituents is 1. The van der Waals surface area contributed by atoms with Crippen LogP contribution in [0.3, 0.4) is 0 Å². The molecule has 6 nitrogen and oxygen atoms in total. The largest absolute Gasteiger partial charge is 0.508 e. The Morgan fingerprint density at radius 3 is 2.67 bits per heavy atom. The lowest BCUT2D eigenvalue weighted by Crippen LogP contribution is -2.20. The fourth-order valence-corrected chi connectivity index (χ4v) is 2.33. The van der Waals surface area contributed by atoms with Crippen molar-refractivity contribution in [3.05, 3.63) is 84.2 Å². The summed E-state index contributed by atoms with van der Waals surface area (Å²) in [6, 6.07) is 19.9. The second-order valence-corrected chi connectivity index (χ2v) is 5.57. The molecule has 3 aromatic rings. The van der Waals surface area contributed by atoms with Crippen LogP contribution in [0.1, 0.15) is 18.2 Å². The third-order valence-corrected chi connectivity index (χ3v) is 3.55. The van der Waals surface area contributed by atoms with Crippen molar-refractivity contribution < 1.29 is 9.84 Å². The van der Waals surface area contributed by atoms with Crippen molar-refractivity contribution in [3.63, 3.8) is 0 Å². The molecule has 3 rings (SSSR count). The molecule has 0 aliphatic rings. The van der Waals surface area contributed by atoms with Crippen LogP contribution in [0, 0.1) is 0 Å². The van der Waals surface area contributed by atoms with Crippen LogP contribution in [0.5, 0.6) is 11.5 Å². The number of hydrogen-bond donors (Lipinski definition) is 2. The van der Waals surface area contributed by atoms with Crippen LogP contribution in [0.4, 0.5) is 5.69 Å². The Morgan fingerprint density at radius 1 is 1.11 bits per heavy atom. The highest BCUT2D eigenvalue weighted by Gasteiger charge is 2.04. The lowest BCUT2D eigenvalue weighted by Gasteiger charge is -2.06. The van der Waals surface area contributed by atoms with Gasteiger partial charge in [0.05, 0.1) is 18.5 Å². The molecule has 2 N–H and O–H groups in total. The number of hydrazone groups is 1. The number of aromatic nitrogens is 1. The molecule has 0 aliphatic heterocycles. The maximum absolute atomic E-state index is 9.53. The third kappa shape index (κ3) is 5.40. The van der Waals surface area contributed by atoms with Gasteiger partial charge in [0.2, 0.25) is 0 Å². The average molecular weight is 360 g/mol. The first kappa shape index (κ1) is 18.1. The molecule has 0 atom stereocenters. The monoisotopic (exact) mass is 360 g/mol. The topological polar surface area (TPSA) is 79.1 Å². The van der Waals surface area contributed by atoms with Crippen molar-refractivity contribution in [2.45, 2.75) is 6.92 Å². The highest BCUT2D eigenvalue weighted by atomic mass is 16.5. The maximum atomic E-state index is 9.53. The first-order chi connectivity index (χ1) is 13.2. The van der Waals surface area contributed by atoms with E-state index in [2.05, 4.69) is 20.5 Å². The molecular weight excluding hydrogens is 340 g/mol. The first-order valence-corrected chi connectivity index (χ1v) is 8.55. The van der Waals surface area contributed by atoms with Crippen LogP contribution < -0.4 is 10.2 Å². The minimum Gasteiger partial charge on any atom is -0.508 e. The number of nitrogens with zero attached hydrogens (tertiary/aromatic N) is 3. The standard InChI is InChI=1S/C21H20N4O2/c1-2-27-19-11-9-17(10-12-19)24-21(20-8-3-4-13-22-20)25-23-15-16-6-5-7-18(26)14-16/h3-15,26H,2H2,1H3,(H,24,25)/b23-15-. The summed E-state index contributed by atoms with van der Waals surface area (Å²) < 4.78 is 5.45. The van der Waals surface area contributed by atoms with Gasteiger partial charge in [-0.05, 0) is 61.0 Å². The molecule has 0 bridgehead atoms. The fraction of sp³-hybridized carbons (Fsp3) is 0.0952. The number of hydrogen-bond acceptors (Lipinski definition) is 5. The van der Waals surface area contributed by atoms with Gasteiger partial charge >= 0.3 is 0 Å². The van der Waals surface area contributed by atoms with Gasteiger partial charge < -0.3 is 9.84 Å². The Labute approximate surface area is 157 Å². The van der Waals surface area contributed by atoms with E-state index in [0.29, 0.717) is 18.1 Å². The third-order valence-electron chi connectivity index (χ3n) is 3.55. The normalized spacial score (nSPS) is 11.5. The Kier molecular flexibility index (Phi) is 6.14. The number of ether oxygens (including phenoxy) is 1. The zero-order chi connectivity index (χ0) is 18.9. The summed E-state index contributed by atoms with van der Waals surface area (Å²) in [5, 5.41) is 13.7. The molecular formula is C21H20N4O2. The molecule has 0 radical (unpaired) electrons. The number of aliphatic imine (C=N–C) groups is 1. The number of aromatic hydroxyl groups is 1. The number of pyridine rings is 1. The number of amidine groups is 1. The van der Waals surface area contributed by atoms with Crippen molar-refractivity contribution in [3.8, 4) is 11.5 Å². The molecule has 0 fully saturated rings. The van der Waals surface area contributed by atoms with Crippen LogP contribution in [-0.4, -0.2) is 28.7 Å². The van der Waals surface area contributed by atoms with E-state index < -0.39 is 0 Å². The lowest BCUT2D eigenvalue weighted by molar-refractivity contribution is 0.340. The molecule has 0 spiro atoms. The van der Waals surface area contributed by atoms with E-state index in [-0.39, 0.29) is 5.75 Å². The van der Waals surface area contributed by atoms with Gasteiger partial charge in [-0.3, -0.25) is 10.4 Å². The van der Waals surface area contributed by atoms with Gasteiger partial charge in [-0.25, -0.2) is 4.99 Å². The molecule has 1 aromatic heterocycles. The molecule has 1 heterocycles. The molecule has 0 saturated heterocycles. The van der Waals surface area contributed by atoms with Crippen molar-refractivity contribution in [1.82, 2.24) is 10.4 Å². The van der Waals surface area contributed by atoms with E-state index in [1.54, 1.807) is 30.6 Å². The smallest absolute Gasteiger partial charge is 0.172 e. The van der Waals surface area contributed by atoms with E-state index in [0.717, 1.165) is 17.0 Å². The van der Waals surface area contributed by atoms with Crippen LogP contribution in [0.2, 0.25) is 0 Å². The Hall–Kier alpha value is -3.67. The molecule has 0 unspecified atom stereocenters. The second kappa shape index (κ2) is 9.15. The van der Waals surface area contributed by atoms with Gasteiger partial charge in [-0.2, -0.15) is 5.10 Å². The summed E-state index contributed by atoms with van der Waals surface area (Å²) in [5.74, 6) is 1.49. The van der Waals surface area contributed by atoms with E-state index in [4.69, 9.17) is 4.74 Å². The van der Waals surface area contributed by atoms with E-state index in [9.17, 15) is 5.11 Å². The Bertz CT molecular complexity index is 922. The quantitative estimate of drug-likeness (QED) is 0.397. The fourth-order valence-electron chi connectivity index (χ4n) is 2.33. The zero-order valence-corrected chi connectivity index (χ0v) is 14.9. The van der Waals surface area contributed by atoms with Gasteiger partial charge in [0.15, 0.2) is 5.84 Å².